The van der Waals surface area contributed by atoms with Crippen molar-refractivity contribution in [2.45, 2.75) is 378 Å². The van der Waals surface area contributed by atoms with Gasteiger partial charge in [0.1, 0.15) is 16.6 Å². The molecule has 8 heteroatoms. The van der Waals surface area contributed by atoms with E-state index in [-0.39, 0.29) is 0 Å². The minimum Gasteiger partial charge on any atom is -0.822 e. The summed E-state index contributed by atoms with van der Waals surface area (Å²) in [6.07, 6.45) is 32.0. The third-order valence-corrected chi connectivity index (χ3v) is 20.2. The van der Waals surface area contributed by atoms with Gasteiger partial charge in [-0.1, -0.05) is 285 Å². The maximum absolute atomic E-state index is 8.55. The number of unbranched alkanes of at least 4 members (excludes halogenated alkanes) is 9. The summed E-state index contributed by atoms with van der Waals surface area (Å²) in [4.78, 5) is 25.6. The van der Waals surface area contributed by atoms with E-state index in [4.69, 9.17) is 19.2 Å². The highest BCUT2D eigenvalue weighted by Crippen LogP contribution is 2.58. The standard InChI is InChI=1S/3C24H52N.H3O4P/c3*1-11-15-19-25(20-16-12-2,21-17-13-3)24(18-14-4,22(5,6)7)23(8,9)10;1-5(2,3)4/h3*11-21H2,1-10H3;(H3,1,2,3,4)/q3*+1;/p-3. The van der Waals surface area contributed by atoms with Gasteiger partial charge < -0.3 is 32.7 Å². The molecule has 0 saturated carbocycles. The summed E-state index contributed by atoms with van der Waals surface area (Å²) in [5.74, 6) is 0. The van der Waals surface area contributed by atoms with Gasteiger partial charge in [0.2, 0.25) is 0 Å². The van der Waals surface area contributed by atoms with E-state index in [1.807, 2.05) is 0 Å². The first kappa shape index (κ1) is 86.4. The van der Waals surface area contributed by atoms with Crippen molar-refractivity contribution < 1.29 is 32.7 Å². The fourth-order valence-corrected chi connectivity index (χ4v) is 18.6. The largest absolute Gasteiger partial charge is 0.822 e. The van der Waals surface area contributed by atoms with Gasteiger partial charge in [0.05, 0.1) is 58.9 Å². The lowest BCUT2D eigenvalue weighted by Gasteiger charge is -2.65. The summed E-state index contributed by atoms with van der Waals surface area (Å²) < 4.78 is 12.6. The number of quaternary nitrogens is 3. The zero-order chi connectivity index (χ0) is 63.8. The van der Waals surface area contributed by atoms with E-state index in [2.05, 4.69) is 208 Å². The molecule has 0 heterocycles. The van der Waals surface area contributed by atoms with Gasteiger partial charge >= 0.3 is 0 Å². The van der Waals surface area contributed by atoms with Crippen LogP contribution in [-0.2, 0) is 4.57 Å². The van der Waals surface area contributed by atoms with Crippen LogP contribution < -0.4 is 14.7 Å². The van der Waals surface area contributed by atoms with Crippen LogP contribution in [0.1, 0.15) is 362 Å². The van der Waals surface area contributed by atoms with Crippen LogP contribution in [0.3, 0.4) is 0 Å². The number of phosphoric acid groups is 1. The Morgan fingerprint density at radius 1 is 0.237 bits per heavy atom. The lowest BCUT2D eigenvalue weighted by atomic mass is 9.55. The second-order valence-corrected chi connectivity index (χ2v) is 32.8. The molecule has 0 radical (unpaired) electrons. The molecule has 0 fully saturated rings. The second-order valence-electron chi connectivity index (χ2n) is 31.9. The van der Waals surface area contributed by atoms with Crippen LogP contribution >= 0.6 is 7.82 Å². The van der Waals surface area contributed by atoms with E-state index in [0.717, 1.165) is 0 Å². The third-order valence-electron chi connectivity index (χ3n) is 20.2. The van der Waals surface area contributed by atoms with Crippen LogP contribution in [-0.4, -0.2) is 89.0 Å². The molecule has 488 valence electrons. The average molecular weight is 1160 g/mol. The van der Waals surface area contributed by atoms with E-state index >= 15 is 0 Å². The highest BCUT2D eigenvalue weighted by molar-refractivity contribution is 7.40. The summed E-state index contributed by atoms with van der Waals surface area (Å²) in [5.41, 5.74) is 2.80. The lowest BCUT2D eigenvalue weighted by molar-refractivity contribution is -0.992. The fourth-order valence-electron chi connectivity index (χ4n) is 18.6. The Morgan fingerprint density at radius 2 is 0.338 bits per heavy atom. The van der Waals surface area contributed by atoms with Gasteiger partial charge in [0.25, 0.3) is 0 Å². The Morgan fingerprint density at radius 3 is 0.400 bits per heavy atom. The molecule has 0 aliphatic rings. The smallest absolute Gasteiger partial charge is 0.109 e. The average Bonchev–Trinajstić information content (AvgIpc) is 3.31. The topological polar surface area (TPSA) is 86.2 Å². The molecule has 7 nitrogen and oxygen atoms in total. The molecule has 0 spiro atoms. The molecule has 0 aliphatic heterocycles. The predicted octanol–water partition coefficient (Wildman–Crippen LogP) is 20.7. The molecule has 0 aromatic carbocycles. The van der Waals surface area contributed by atoms with E-state index in [0.29, 0.717) is 49.1 Å². The number of hydrogen-bond donors (Lipinski definition) is 0. The number of nitrogens with zero attached hydrogens (tertiary/aromatic N) is 3. The molecule has 0 aromatic rings. The minimum atomic E-state index is -5.39. The molecule has 0 amide bonds. The SMILES string of the molecule is CCCC[N+](CCCC)(CCCC)C(CCC)(C(C)(C)C)C(C)(C)C.CCCC[N+](CCCC)(CCCC)C(CCC)(C(C)(C)C)C(C)(C)C.CCCC[N+](CCCC)(CCCC)C(CCC)(C(C)(C)C)C(C)(C)C.O=P([O-])([O-])[O-]. The molecule has 0 aromatic heterocycles. The first-order valence-electron chi connectivity index (χ1n) is 34.8. The van der Waals surface area contributed by atoms with Crippen molar-refractivity contribution in [1.82, 2.24) is 0 Å². The Kier molecular flexibility index (Phi) is 42.1. The van der Waals surface area contributed by atoms with Gasteiger partial charge in [-0.25, -0.2) is 0 Å². The number of hydrogen-bond acceptors (Lipinski definition) is 4. The molecule has 0 unspecified atom stereocenters. The quantitative estimate of drug-likeness (QED) is 0.0462. The van der Waals surface area contributed by atoms with E-state index < -0.39 is 7.82 Å². The normalized spacial score (nSPS) is 14.0. The van der Waals surface area contributed by atoms with Gasteiger partial charge in [-0.15, -0.1) is 0 Å². The molecular formula is C72H156N3O4P. The molecular weight excluding hydrogens is 1000 g/mol. The monoisotopic (exact) mass is 1160 g/mol. The maximum atomic E-state index is 8.55. The molecule has 0 bridgehead atoms. The highest BCUT2D eigenvalue weighted by Gasteiger charge is 2.65. The highest BCUT2D eigenvalue weighted by atomic mass is 31.2. The molecule has 0 rings (SSSR count). The second kappa shape index (κ2) is 39.0. The van der Waals surface area contributed by atoms with Crippen LogP contribution in [0, 0.1) is 32.5 Å². The maximum Gasteiger partial charge on any atom is 0.109 e. The van der Waals surface area contributed by atoms with Crippen molar-refractivity contribution in [3.63, 3.8) is 0 Å². The van der Waals surface area contributed by atoms with Crippen LogP contribution in [0.2, 0.25) is 0 Å². The zero-order valence-electron chi connectivity index (χ0n) is 61.3. The van der Waals surface area contributed by atoms with Crippen molar-refractivity contribution in [2.24, 2.45) is 32.5 Å². The van der Waals surface area contributed by atoms with E-state index in [1.165, 1.54) is 226 Å². The first-order valence-corrected chi connectivity index (χ1v) is 36.3. The molecule has 80 heavy (non-hydrogen) atoms. The van der Waals surface area contributed by atoms with Crippen molar-refractivity contribution in [2.75, 3.05) is 58.9 Å². The fraction of sp³-hybridized carbons (Fsp3) is 1.00. The van der Waals surface area contributed by atoms with E-state index in [1.54, 1.807) is 0 Å². The summed E-state index contributed by atoms with van der Waals surface area (Å²) in [6.45, 7) is 86.4. The van der Waals surface area contributed by atoms with Gasteiger partial charge in [0, 0.05) is 51.8 Å². The first-order chi connectivity index (χ1) is 36.5. The van der Waals surface area contributed by atoms with Gasteiger partial charge in [0.15, 0.2) is 0 Å². The third kappa shape index (κ3) is 24.3. The molecule has 0 N–H and O–H groups in total. The van der Waals surface area contributed by atoms with Crippen molar-refractivity contribution in [1.29, 1.82) is 0 Å². The van der Waals surface area contributed by atoms with Crippen molar-refractivity contribution in [3.8, 4) is 0 Å². The van der Waals surface area contributed by atoms with Crippen LogP contribution in [0.5, 0.6) is 0 Å². The molecule has 0 atom stereocenters. The van der Waals surface area contributed by atoms with Crippen LogP contribution in [0.4, 0.5) is 0 Å². The number of rotatable bonds is 36. The minimum absolute atomic E-state index is 0.302. The lowest BCUT2D eigenvalue weighted by Crippen LogP contribution is -2.75. The summed E-state index contributed by atoms with van der Waals surface area (Å²) in [7, 11) is -5.39. The Bertz CT molecular complexity index is 1260. The zero-order valence-corrected chi connectivity index (χ0v) is 62.2. The Labute approximate surface area is 508 Å². The Balaban J connectivity index is -0.000000518. The predicted molar refractivity (Wildman–Crippen MR) is 356 cm³/mol. The van der Waals surface area contributed by atoms with Gasteiger partial charge in [-0.2, -0.15) is 7.82 Å². The summed E-state index contributed by atoms with van der Waals surface area (Å²) in [6, 6.07) is 0. The van der Waals surface area contributed by atoms with Crippen molar-refractivity contribution >= 4 is 7.82 Å². The van der Waals surface area contributed by atoms with Gasteiger partial charge in [-0.3, -0.25) is 0 Å². The van der Waals surface area contributed by atoms with Crippen molar-refractivity contribution in [3.05, 3.63) is 0 Å². The Hall–Kier alpha value is -0.0100. The summed E-state index contributed by atoms with van der Waals surface area (Å²) in [5, 5.41) is 0. The summed E-state index contributed by atoms with van der Waals surface area (Å²) >= 11 is 0. The van der Waals surface area contributed by atoms with Crippen LogP contribution in [0.25, 0.3) is 0 Å². The van der Waals surface area contributed by atoms with Gasteiger partial charge in [-0.05, 0) is 57.8 Å². The molecule has 0 aliphatic carbocycles. The van der Waals surface area contributed by atoms with Crippen LogP contribution in [0.15, 0.2) is 0 Å². The molecule has 0 saturated heterocycles. The van der Waals surface area contributed by atoms with E-state index in [9.17, 15) is 0 Å².